The summed E-state index contributed by atoms with van der Waals surface area (Å²) in [6.07, 6.45) is 9.47. The van der Waals surface area contributed by atoms with E-state index in [1.807, 2.05) is 30.3 Å². The number of ether oxygens (including phenoxy) is 3. The van der Waals surface area contributed by atoms with Crippen LogP contribution >= 0.6 is 0 Å². The molecule has 0 aromatic heterocycles. The van der Waals surface area contributed by atoms with Gasteiger partial charge < -0.3 is 19.0 Å². The largest absolute Gasteiger partial charge is 0.458 e. The number of hydrogen-bond acceptors (Lipinski definition) is 5. The minimum Gasteiger partial charge on any atom is -0.458 e. The smallest absolute Gasteiger partial charge is 0.338 e. The van der Waals surface area contributed by atoms with E-state index in [0.717, 1.165) is 51.2 Å². The second-order valence-electron chi connectivity index (χ2n) is 13.1. The van der Waals surface area contributed by atoms with Crippen molar-refractivity contribution in [3.63, 3.8) is 0 Å². The van der Waals surface area contributed by atoms with Gasteiger partial charge in [0.15, 0.2) is 5.79 Å². The van der Waals surface area contributed by atoms with Crippen LogP contribution in [0.15, 0.2) is 30.3 Å². The molecule has 1 saturated heterocycles. The maximum atomic E-state index is 13.3. The zero-order valence-corrected chi connectivity index (χ0v) is 22.1. The van der Waals surface area contributed by atoms with Gasteiger partial charge in [-0.1, -0.05) is 46.4 Å². The number of benzene rings is 1. The lowest BCUT2D eigenvalue weighted by Gasteiger charge is -2.63. The molecule has 1 aromatic rings. The van der Waals surface area contributed by atoms with Gasteiger partial charge in [0.1, 0.15) is 12.4 Å². The van der Waals surface area contributed by atoms with Crippen molar-refractivity contribution in [3.8, 4) is 0 Å². The van der Waals surface area contributed by atoms with Crippen LogP contribution in [0.4, 0.5) is 0 Å². The molecular formula is C32H46O5. The highest BCUT2D eigenvalue weighted by Crippen LogP contribution is 2.69. The molecule has 5 fully saturated rings. The fraction of sp³-hybridized carbons (Fsp3) is 0.750. The Balaban J connectivity index is 0.00000280. The van der Waals surface area contributed by atoms with Crippen LogP contribution in [-0.2, 0) is 19.0 Å². The van der Waals surface area contributed by atoms with Gasteiger partial charge in [0.2, 0.25) is 0 Å². The summed E-state index contributed by atoms with van der Waals surface area (Å²) >= 11 is 0. The molecule has 4 saturated carbocycles. The molecule has 9 atom stereocenters. The number of fused-ring (bicyclic) bond motifs is 5. The summed E-state index contributed by atoms with van der Waals surface area (Å²) in [4.78, 5) is 25.2. The molecule has 1 aromatic carbocycles. The lowest BCUT2D eigenvalue weighted by atomic mass is 9.43. The number of rotatable bonds is 4. The van der Waals surface area contributed by atoms with Crippen LogP contribution < -0.4 is 0 Å². The van der Waals surface area contributed by atoms with E-state index in [1.165, 1.54) is 6.42 Å². The quantitative estimate of drug-likeness (QED) is 0.333. The Morgan fingerprint density at radius 2 is 1.70 bits per heavy atom. The normalized spacial score (nSPS) is 42.6. The standard InChI is InChI=1S/C31H42O5.CH4/c1-20(19-32)23-9-10-24-27-25(11-12-30(23,24)3)29(2)13-14-31(34-15-16-35-31)18-22(29)17-26(27)36-28(33)21-7-5-4-6-8-21;/h4-8,19-20,22-27H,9-18H2,1-3H3;1H4/t20?,22-,23+,24?,25?,26+,27?,29-,30+;/m0./s1. The Hall–Kier alpha value is -1.72. The fourth-order valence-corrected chi connectivity index (χ4v) is 9.80. The van der Waals surface area contributed by atoms with Crippen LogP contribution in [0.5, 0.6) is 0 Å². The molecule has 37 heavy (non-hydrogen) atoms. The summed E-state index contributed by atoms with van der Waals surface area (Å²) in [6, 6.07) is 9.44. The van der Waals surface area contributed by atoms with Crippen LogP contribution in [0.2, 0.25) is 0 Å². The van der Waals surface area contributed by atoms with Gasteiger partial charge in [-0.3, -0.25) is 0 Å². The van der Waals surface area contributed by atoms with Gasteiger partial charge in [-0.05, 0) is 85.2 Å². The van der Waals surface area contributed by atoms with Gasteiger partial charge in [-0.15, -0.1) is 0 Å². The van der Waals surface area contributed by atoms with Crippen molar-refractivity contribution in [2.45, 2.75) is 91.5 Å². The van der Waals surface area contributed by atoms with Crippen molar-refractivity contribution in [2.75, 3.05) is 13.2 Å². The number of aldehydes is 1. The predicted molar refractivity (Wildman–Crippen MR) is 143 cm³/mol. The molecule has 0 radical (unpaired) electrons. The minimum atomic E-state index is -0.438. The number of carbonyl (C=O) groups is 2. The zero-order chi connectivity index (χ0) is 25.1. The topological polar surface area (TPSA) is 61.8 Å². The van der Waals surface area contributed by atoms with Crippen LogP contribution in [0.1, 0.15) is 89.9 Å². The summed E-state index contributed by atoms with van der Waals surface area (Å²) < 4.78 is 18.8. The summed E-state index contributed by atoms with van der Waals surface area (Å²) in [7, 11) is 0. The summed E-state index contributed by atoms with van der Waals surface area (Å²) in [5, 5.41) is 0. The van der Waals surface area contributed by atoms with Crippen molar-refractivity contribution >= 4 is 12.3 Å². The third-order valence-electron chi connectivity index (χ3n) is 11.7. The first kappa shape index (κ1) is 26.9. The molecule has 204 valence electrons. The van der Waals surface area contributed by atoms with Crippen molar-refractivity contribution < 1.29 is 23.8 Å². The highest BCUT2D eigenvalue weighted by molar-refractivity contribution is 5.89. The first-order valence-corrected chi connectivity index (χ1v) is 14.3. The zero-order valence-electron chi connectivity index (χ0n) is 22.1. The summed E-state index contributed by atoms with van der Waals surface area (Å²) in [6.45, 7) is 8.41. The van der Waals surface area contributed by atoms with Gasteiger partial charge in [-0.25, -0.2) is 4.79 Å². The van der Waals surface area contributed by atoms with Crippen LogP contribution in [0, 0.1) is 46.3 Å². The Kier molecular flexibility index (Phi) is 7.11. The summed E-state index contributed by atoms with van der Waals surface area (Å²) in [5.41, 5.74) is 0.967. The molecule has 5 heteroatoms. The Bertz CT molecular complexity index is 986. The molecule has 5 nitrogen and oxygen atoms in total. The van der Waals surface area contributed by atoms with Gasteiger partial charge in [0.25, 0.3) is 0 Å². The Morgan fingerprint density at radius 3 is 2.41 bits per heavy atom. The van der Waals surface area contributed by atoms with E-state index in [-0.39, 0.29) is 36.2 Å². The minimum absolute atomic E-state index is 0. The average Bonchev–Trinajstić information content (AvgIpc) is 3.49. The van der Waals surface area contributed by atoms with Crippen molar-refractivity contribution in [3.05, 3.63) is 35.9 Å². The van der Waals surface area contributed by atoms with E-state index in [2.05, 4.69) is 20.8 Å². The van der Waals surface area contributed by atoms with Crippen molar-refractivity contribution in [1.82, 2.24) is 0 Å². The molecule has 0 bridgehead atoms. The molecule has 6 rings (SSSR count). The van der Waals surface area contributed by atoms with E-state index in [0.29, 0.717) is 48.4 Å². The average molecular weight is 511 g/mol. The fourth-order valence-electron chi connectivity index (χ4n) is 9.80. The van der Waals surface area contributed by atoms with Crippen LogP contribution in [-0.4, -0.2) is 37.4 Å². The first-order valence-electron chi connectivity index (χ1n) is 14.3. The lowest BCUT2D eigenvalue weighted by molar-refractivity contribution is -0.242. The van der Waals surface area contributed by atoms with Crippen molar-refractivity contribution in [1.29, 1.82) is 0 Å². The maximum absolute atomic E-state index is 13.3. The number of carbonyl (C=O) groups excluding carboxylic acids is 2. The molecule has 0 amide bonds. The first-order chi connectivity index (χ1) is 17.3. The van der Waals surface area contributed by atoms with Gasteiger partial charge >= 0.3 is 5.97 Å². The molecule has 4 aliphatic carbocycles. The Labute approximate surface area is 223 Å². The molecular weight excluding hydrogens is 464 g/mol. The van der Waals surface area contributed by atoms with E-state index in [9.17, 15) is 9.59 Å². The van der Waals surface area contributed by atoms with Gasteiger partial charge in [-0.2, -0.15) is 0 Å². The molecule has 1 aliphatic heterocycles. The SMILES string of the molecule is C.CC(C=O)[C@H]1CCC2C3C(CC[C@@]21C)[C@@]1(C)CCC2(C[C@@H]1C[C@H]3OC(=O)c1ccccc1)OCCO2. The lowest BCUT2D eigenvalue weighted by Crippen LogP contribution is -2.60. The van der Waals surface area contributed by atoms with Gasteiger partial charge in [0, 0.05) is 24.7 Å². The third kappa shape index (κ3) is 4.19. The van der Waals surface area contributed by atoms with E-state index in [1.54, 1.807) is 0 Å². The van der Waals surface area contributed by atoms with Crippen molar-refractivity contribution in [2.24, 2.45) is 46.3 Å². The number of esters is 1. The van der Waals surface area contributed by atoms with E-state index < -0.39 is 5.79 Å². The molecule has 0 N–H and O–H groups in total. The Morgan fingerprint density at radius 1 is 1.00 bits per heavy atom. The highest BCUT2D eigenvalue weighted by atomic mass is 16.7. The molecule has 5 aliphatic rings. The second kappa shape index (κ2) is 9.79. The highest BCUT2D eigenvalue weighted by Gasteiger charge is 2.65. The van der Waals surface area contributed by atoms with Crippen LogP contribution in [0.25, 0.3) is 0 Å². The van der Waals surface area contributed by atoms with E-state index >= 15 is 0 Å². The third-order valence-corrected chi connectivity index (χ3v) is 11.7. The second-order valence-corrected chi connectivity index (χ2v) is 13.1. The van der Waals surface area contributed by atoms with E-state index in [4.69, 9.17) is 14.2 Å². The molecule has 1 heterocycles. The van der Waals surface area contributed by atoms with Crippen LogP contribution in [0.3, 0.4) is 0 Å². The van der Waals surface area contributed by atoms with Gasteiger partial charge in [0.05, 0.1) is 18.8 Å². The predicted octanol–water partition coefficient (Wildman–Crippen LogP) is 6.70. The monoisotopic (exact) mass is 510 g/mol. The number of hydrogen-bond donors (Lipinski definition) is 0. The summed E-state index contributed by atoms with van der Waals surface area (Å²) in [5.74, 6) is 1.63. The molecule has 4 unspecified atom stereocenters. The molecule has 1 spiro atoms. The maximum Gasteiger partial charge on any atom is 0.338 e.